The van der Waals surface area contributed by atoms with Crippen LogP contribution in [0, 0.1) is 17.2 Å². The van der Waals surface area contributed by atoms with Crippen LogP contribution in [0.25, 0.3) is 0 Å². The van der Waals surface area contributed by atoms with Gasteiger partial charge in [-0.25, -0.2) is 0 Å². The Bertz CT molecular complexity index is 315. The van der Waals surface area contributed by atoms with Gasteiger partial charge in [0.1, 0.15) is 0 Å². The Hall–Kier alpha value is -0.590. The van der Waals surface area contributed by atoms with Crippen LogP contribution in [0.2, 0.25) is 0 Å². The summed E-state index contributed by atoms with van der Waals surface area (Å²) in [4.78, 5) is 5.11. The molecule has 114 valence electrons. The molecule has 0 bridgehead atoms. The number of nitrogens with zero attached hydrogens (tertiary/aromatic N) is 3. The molecule has 2 fully saturated rings. The summed E-state index contributed by atoms with van der Waals surface area (Å²) in [5.74, 6) is 0.957. The topological polar surface area (TPSA) is 30.3 Å². The normalized spacial score (nSPS) is 30.9. The van der Waals surface area contributed by atoms with Gasteiger partial charge in [-0.05, 0) is 25.2 Å². The fourth-order valence-corrected chi connectivity index (χ4v) is 3.98. The summed E-state index contributed by atoms with van der Waals surface area (Å²) >= 11 is 0. The van der Waals surface area contributed by atoms with E-state index in [1.54, 1.807) is 0 Å². The third kappa shape index (κ3) is 3.96. The molecule has 0 aromatic rings. The van der Waals surface area contributed by atoms with Crippen LogP contribution in [0.5, 0.6) is 0 Å². The first kappa shape index (κ1) is 15.8. The van der Waals surface area contributed by atoms with E-state index in [4.69, 9.17) is 0 Å². The van der Waals surface area contributed by atoms with Crippen molar-refractivity contribution in [1.29, 1.82) is 5.26 Å². The molecule has 1 saturated carbocycles. The van der Waals surface area contributed by atoms with Crippen molar-refractivity contribution < 1.29 is 0 Å². The molecule has 2 aliphatic rings. The number of nitriles is 1. The second-order valence-electron chi connectivity index (χ2n) is 6.60. The molecule has 1 heterocycles. The van der Waals surface area contributed by atoms with Gasteiger partial charge in [-0.1, -0.05) is 39.5 Å². The summed E-state index contributed by atoms with van der Waals surface area (Å²) in [5, 5.41) is 9.29. The highest BCUT2D eigenvalue weighted by molar-refractivity contribution is 4.94. The molecule has 0 radical (unpaired) electrons. The average Bonchev–Trinajstić information content (AvgIpc) is 2.53. The minimum absolute atomic E-state index is 0.150. The highest BCUT2D eigenvalue weighted by Crippen LogP contribution is 2.30. The van der Waals surface area contributed by atoms with Crippen molar-refractivity contribution in [3.8, 4) is 6.07 Å². The smallest absolute Gasteiger partial charge is 0.0978 e. The molecular formula is C17H31N3. The van der Waals surface area contributed by atoms with Gasteiger partial charge in [0.25, 0.3) is 0 Å². The van der Waals surface area contributed by atoms with Crippen molar-refractivity contribution in [2.45, 2.75) is 70.9 Å². The molecule has 3 nitrogen and oxygen atoms in total. The lowest BCUT2D eigenvalue weighted by molar-refractivity contribution is 0.0553. The van der Waals surface area contributed by atoms with E-state index >= 15 is 0 Å². The van der Waals surface area contributed by atoms with Crippen LogP contribution in [-0.2, 0) is 0 Å². The van der Waals surface area contributed by atoms with Gasteiger partial charge in [0, 0.05) is 32.2 Å². The average molecular weight is 277 g/mol. The van der Waals surface area contributed by atoms with Gasteiger partial charge in [-0.15, -0.1) is 0 Å². The number of rotatable bonds is 5. The van der Waals surface area contributed by atoms with Crippen LogP contribution < -0.4 is 0 Å². The molecule has 0 aromatic carbocycles. The second kappa shape index (κ2) is 8.00. The largest absolute Gasteiger partial charge is 0.298 e. The molecule has 3 heteroatoms. The first-order chi connectivity index (χ1) is 9.78. The lowest BCUT2D eigenvalue weighted by atomic mass is 9.83. The van der Waals surface area contributed by atoms with Gasteiger partial charge in [-0.2, -0.15) is 5.26 Å². The maximum atomic E-state index is 9.29. The Labute approximate surface area is 124 Å². The first-order valence-electron chi connectivity index (χ1n) is 8.66. The molecule has 2 rings (SSSR count). The van der Waals surface area contributed by atoms with Crippen molar-refractivity contribution in [3.63, 3.8) is 0 Å². The fourth-order valence-electron chi connectivity index (χ4n) is 3.98. The molecular weight excluding hydrogens is 246 g/mol. The minimum Gasteiger partial charge on any atom is -0.298 e. The van der Waals surface area contributed by atoms with Gasteiger partial charge in [0.05, 0.1) is 12.1 Å². The van der Waals surface area contributed by atoms with Crippen molar-refractivity contribution >= 4 is 0 Å². The summed E-state index contributed by atoms with van der Waals surface area (Å²) in [6.07, 6.45) is 9.15. The van der Waals surface area contributed by atoms with E-state index in [9.17, 15) is 5.26 Å². The maximum Gasteiger partial charge on any atom is 0.0978 e. The number of hydrogen-bond acceptors (Lipinski definition) is 3. The van der Waals surface area contributed by atoms with Gasteiger partial charge < -0.3 is 0 Å². The van der Waals surface area contributed by atoms with Gasteiger partial charge >= 0.3 is 0 Å². The van der Waals surface area contributed by atoms with Crippen LogP contribution in [0.15, 0.2) is 0 Å². The SMILES string of the molecule is CCCC(C#N)N1CCN(C2CCCC(CC)C2)CC1. The number of piperazine rings is 1. The molecule has 3 unspecified atom stereocenters. The van der Waals surface area contributed by atoms with E-state index in [0.29, 0.717) is 0 Å². The van der Waals surface area contributed by atoms with Gasteiger partial charge in [0.15, 0.2) is 0 Å². The molecule has 0 spiro atoms. The van der Waals surface area contributed by atoms with Crippen LogP contribution in [0.1, 0.15) is 58.8 Å². The second-order valence-corrected chi connectivity index (χ2v) is 6.60. The summed E-state index contributed by atoms with van der Waals surface area (Å²) in [6.45, 7) is 9.03. The minimum atomic E-state index is 0.150. The molecule has 0 amide bonds. The lowest BCUT2D eigenvalue weighted by Gasteiger charge is -2.43. The highest BCUT2D eigenvalue weighted by Gasteiger charge is 2.30. The van der Waals surface area contributed by atoms with E-state index in [1.807, 2.05) is 0 Å². The van der Waals surface area contributed by atoms with Crippen molar-refractivity contribution in [1.82, 2.24) is 9.80 Å². The van der Waals surface area contributed by atoms with Crippen molar-refractivity contribution in [2.24, 2.45) is 5.92 Å². The summed E-state index contributed by atoms with van der Waals surface area (Å²) in [7, 11) is 0. The molecule has 0 aromatic heterocycles. The van der Waals surface area contributed by atoms with Gasteiger partial charge in [0.2, 0.25) is 0 Å². The van der Waals surface area contributed by atoms with Crippen molar-refractivity contribution in [2.75, 3.05) is 26.2 Å². The van der Waals surface area contributed by atoms with Crippen LogP contribution in [0.4, 0.5) is 0 Å². The van der Waals surface area contributed by atoms with Gasteiger partial charge in [-0.3, -0.25) is 9.80 Å². The zero-order chi connectivity index (χ0) is 14.4. The highest BCUT2D eigenvalue weighted by atomic mass is 15.3. The van der Waals surface area contributed by atoms with E-state index in [-0.39, 0.29) is 6.04 Å². The third-order valence-corrected chi connectivity index (χ3v) is 5.35. The Morgan fingerprint density at radius 3 is 2.50 bits per heavy atom. The molecule has 1 saturated heterocycles. The van der Waals surface area contributed by atoms with Crippen LogP contribution in [-0.4, -0.2) is 48.1 Å². The predicted octanol–water partition coefficient (Wildman–Crippen LogP) is 3.27. The Kier molecular flexibility index (Phi) is 6.32. The first-order valence-corrected chi connectivity index (χ1v) is 8.66. The number of hydrogen-bond donors (Lipinski definition) is 0. The van der Waals surface area contributed by atoms with E-state index in [1.165, 1.54) is 45.2 Å². The summed E-state index contributed by atoms with van der Waals surface area (Å²) < 4.78 is 0. The Morgan fingerprint density at radius 2 is 1.90 bits per heavy atom. The van der Waals surface area contributed by atoms with Crippen LogP contribution in [0.3, 0.4) is 0 Å². The molecule has 0 N–H and O–H groups in total. The van der Waals surface area contributed by atoms with E-state index < -0.39 is 0 Å². The maximum absolute atomic E-state index is 9.29. The quantitative estimate of drug-likeness (QED) is 0.772. The fraction of sp³-hybridized carbons (Fsp3) is 0.941. The predicted molar refractivity (Wildman–Crippen MR) is 83.5 cm³/mol. The van der Waals surface area contributed by atoms with E-state index in [2.05, 4.69) is 29.7 Å². The van der Waals surface area contributed by atoms with Crippen LogP contribution >= 0.6 is 0 Å². The summed E-state index contributed by atoms with van der Waals surface area (Å²) in [6, 6.07) is 3.46. The van der Waals surface area contributed by atoms with Crippen molar-refractivity contribution in [3.05, 3.63) is 0 Å². The third-order valence-electron chi connectivity index (χ3n) is 5.35. The molecule has 20 heavy (non-hydrogen) atoms. The monoisotopic (exact) mass is 277 g/mol. The summed E-state index contributed by atoms with van der Waals surface area (Å²) in [5.41, 5.74) is 0. The Balaban J connectivity index is 1.80. The Morgan fingerprint density at radius 1 is 1.15 bits per heavy atom. The zero-order valence-electron chi connectivity index (χ0n) is 13.4. The molecule has 1 aliphatic heterocycles. The zero-order valence-corrected chi connectivity index (χ0v) is 13.4. The molecule has 1 aliphatic carbocycles. The standard InChI is InChI=1S/C17H31N3/c1-3-6-17(14-18)20-11-9-19(10-12-20)16-8-5-7-15(4-2)13-16/h15-17H,3-13H2,1-2H3. The lowest BCUT2D eigenvalue weighted by Crippen LogP contribution is -2.53. The van der Waals surface area contributed by atoms with E-state index in [0.717, 1.165) is 37.9 Å². The molecule has 3 atom stereocenters.